The van der Waals surface area contributed by atoms with Crippen LogP contribution in [0.3, 0.4) is 0 Å². The number of carboxylic acid groups (broad SMARTS) is 1. The van der Waals surface area contributed by atoms with Gasteiger partial charge in [0.05, 0.1) is 12.0 Å². The fourth-order valence-electron chi connectivity index (χ4n) is 2.36. The molecular weight excluding hydrogens is 287 g/mol. The summed E-state index contributed by atoms with van der Waals surface area (Å²) >= 11 is 0. The predicted molar refractivity (Wildman–Crippen MR) is 67.5 cm³/mol. The molecule has 2 N–H and O–H groups in total. The van der Waals surface area contributed by atoms with E-state index in [4.69, 9.17) is 5.11 Å². The summed E-state index contributed by atoms with van der Waals surface area (Å²) in [6, 6.07) is 4.78. The molecule has 4 nitrogen and oxygen atoms in total. The Morgan fingerprint density at radius 3 is 2.33 bits per heavy atom. The van der Waals surface area contributed by atoms with Crippen LogP contribution >= 0.6 is 0 Å². The summed E-state index contributed by atoms with van der Waals surface area (Å²) in [4.78, 5) is 23.0. The van der Waals surface area contributed by atoms with Crippen LogP contribution in [0.2, 0.25) is 0 Å². The van der Waals surface area contributed by atoms with Crippen molar-refractivity contribution in [1.29, 1.82) is 0 Å². The maximum absolute atomic E-state index is 12.8. The number of amides is 1. The highest BCUT2D eigenvalue weighted by molar-refractivity contribution is 5.88. The van der Waals surface area contributed by atoms with Crippen LogP contribution in [0, 0.1) is 0 Å². The van der Waals surface area contributed by atoms with Gasteiger partial charge in [-0.15, -0.1) is 0 Å². The van der Waals surface area contributed by atoms with Crippen molar-refractivity contribution in [2.75, 3.05) is 0 Å². The van der Waals surface area contributed by atoms with E-state index in [0.29, 0.717) is 19.3 Å². The van der Waals surface area contributed by atoms with Crippen LogP contribution in [0.1, 0.15) is 30.4 Å². The van der Waals surface area contributed by atoms with E-state index in [-0.39, 0.29) is 5.56 Å². The maximum atomic E-state index is 12.8. The molecular formula is C14H14F3NO3. The highest BCUT2D eigenvalue weighted by Gasteiger charge is 2.45. The van der Waals surface area contributed by atoms with Gasteiger partial charge in [0.2, 0.25) is 5.91 Å². The zero-order chi connectivity index (χ0) is 15.7. The van der Waals surface area contributed by atoms with Crippen molar-refractivity contribution in [1.82, 2.24) is 5.32 Å². The number of carbonyl (C=O) groups is 2. The molecule has 1 aliphatic rings. The summed E-state index contributed by atoms with van der Waals surface area (Å²) in [5.41, 5.74) is -2.36. The van der Waals surface area contributed by atoms with Crippen molar-refractivity contribution < 1.29 is 27.9 Å². The van der Waals surface area contributed by atoms with E-state index >= 15 is 0 Å². The van der Waals surface area contributed by atoms with Crippen molar-refractivity contribution in [3.63, 3.8) is 0 Å². The van der Waals surface area contributed by atoms with Crippen LogP contribution in [-0.2, 0) is 22.2 Å². The molecule has 0 unspecified atom stereocenters. The zero-order valence-electron chi connectivity index (χ0n) is 11.0. The van der Waals surface area contributed by atoms with Gasteiger partial charge in [0, 0.05) is 0 Å². The van der Waals surface area contributed by atoms with Gasteiger partial charge in [0.15, 0.2) is 0 Å². The molecule has 0 atom stereocenters. The molecule has 0 aliphatic heterocycles. The smallest absolute Gasteiger partial charge is 0.416 e. The van der Waals surface area contributed by atoms with Gasteiger partial charge < -0.3 is 10.4 Å². The third-order valence-corrected chi connectivity index (χ3v) is 3.67. The third-order valence-electron chi connectivity index (χ3n) is 3.67. The van der Waals surface area contributed by atoms with Crippen LogP contribution in [0.4, 0.5) is 13.2 Å². The van der Waals surface area contributed by atoms with Crippen LogP contribution < -0.4 is 5.32 Å². The van der Waals surface area contributed by atoms with E-state index in [1.54, 1.807) is 0 Å². The number of rotatable bonds is 4. The molecule has 21 heavy (non-hydrogen) atoms. The van der Waals surface area contributed by atoms with Crippen LogP contribution in [0.15, 0.2) is 24.3 Å². The number of benzene rings is 1. The van der Waals surface area contributed by atoms with Gasteiger partial charge in [-0.25, -0.2) is 4.79 Å². The van der Waals surface area contributed by atoms with Crippen molar-refractivity contribution in [3.8, 4) is 0 Å². The minimum absolute atomic E-state index is 0.164. The zero-order valence-corrected chi connectivity index (χ0v) is 11.0. The molecule has 0 aromatic heterocycles. The normalized spacial score (nSPS) is 16.9. The monoisotopic (exact) mass is 301 g/mol. The minimum atomic E-state index is -4.54. The lowest BCUT2D eigenvalue weighted by molar-refractivity contribution is -0.151. The first-order valence-electron chi connectivity index (χ1n) is 6.44. The molecule has 0 spiro atoms. The second-order valence-electron chi connectivity index (χ2n) is 5.12. The van der Waals surface area contributed by atoms with Crippen molar-refractivity contribution in [3.05, 3.63) is 35.4 Å². The summed E-state index contributed by atoms with van der Waals surface area (Å²) < 4.78 is 38.4. The second kappa shape index (κ2) is 5.38. The van der Waals surface area contributed by atoms with Crippen molar-refractivity contribution in [2.24, 2.45) is 0 Å². The molecule has 1 amide bonds. The molecule has 0 bridgehead atoms. The summed E-state index contributed by atoms with van der Waals surface area (Å²) in [5.74, 6) is -1.86. The molecule has 0 radical (unpaired) electrons. The topological polar surface area (TPSA) is 66.4 Å². The van der Waals surface area contributed by atoms with Crippen molar-refractivity contribution >= 4 is 11.9 Å². The number of halogens is 3. The number of carbonyl (C=O) groups excluding carboxylic acids is 1. The molecule has 1 aliphatic carbocycles. The number of nitrogens with one attached hydrogen (secondary N) is 1. The molecule has 1 aromatic carbocycles. The highest BCUT2D eigenvalue weighted by Crippen LogP contribution is 2.34. The molecule has 1 fully saturated rings. The largest absolute Gasteiger partial charge is 0.480 e. The first kappa shape index (κ1) is 15.3. The second-order valence-corrected chi connectivity index (χ2v) is 5.12. The maximum Gasteiger partial charge on any atom is 0.416 e. The Balaban J connectivity index is 2.12. The molecule has 7 heteroatoms. The highest BCUT2D eigenvalue weighted by atomic mass is 19.4. The van der Waals surface area contributed by atoms with Gasteiger partial charge >= 0.3 is 12.1 Å². The molecule has 114 valence electrons. The van der Waals surface area contributed by atoms with Crippen LogP contribution in [0.5, 0.6) is 0 Å². The fraction of sp³-hybridized carbons (Fsp3) is 0.429. The molecule has 0 heterocycles. The molecule has 2 rings (SSSR count). The van der Waals surface area contributed by atoms with E-state index in [0.717, 1.165) is 6.07 Å². The Labute approximate surface area is 119 Å². The summed E-state index contributed by atoms with van der Waals surface area (Å²) in [6.07, 6.45) is -3.77. The number of carboxylic acids is 1. The summed E-state index contributed by atoms with van der Waals surface area (Å²) in [7, 11) is 0. The van der Waals surface area contributed by atoms with Crippen LogP contribution in [-0.4, -0.2) is 22.5 Å². The number of alkyl halides is 3. The Bertz CT molecular complexity index is 565. The number of hydrogen-bond donors (Lipinski definition) is 2. The standard InChI is InChI=1S/C14H14F3NO3/c15-14(16,17)10-5-2-1-4-9(10)8-11(19)18-13(12(20)21)6-3-7-13/h1-2,4-5H,3,6-8H2,(H,18,19)(H,20,21). The predicted octanol–water partition coefficient (Wildman–Crippen LogP) is 2.37. The lowest BCUT2D eigenvalue weighted by Crippen LogP contribution is -2.59. The minimum Gasteiger partial charge on any atom is -0.480 e. The average molecular weight is 301 g/mol. The summed E-state index contributed by atoms with van der Waals surface area (Å²) in [5, 5.41) is 11.4. The van der Waals surface area contributed by atoms with Gasteiger partial charge in [-0.05, 0) is 30.9 Å². The van der Waals surface area contributed by atoms with E-state index < -0.39 is 35.6 Å². The van der Waals surface area contributed by atoms with Gasteiger partial charge in [-0.3, -0.25) is 4.79 Å². The van der Waals surface area contributed by atoms with Gasteiger partial charge in [-0.2, -0.15) is 13.2 Å². The van der Waals surface area contributed by atoms with Crippen molar-refractivity contribution in [2.45, 2.75) is 37.4 Å². The van der Waals surface area contributed by atoms with E-state index in [2.05, 4.69) is 5.32 Å². The van der Waals surface area contributed by atoms with Gasteiger partial charge in [0.1, 0.15) is 5.54 Å². The van der Waals surface area contributed by atoms with Gasteiger partial charge in [-0.1, -0.05) is 18.2 Å². The van der Waals surface area contributed by atoms with E-state index in [1.165, 1.54) is 18.2 Å². The lowest BCUT2D eigenvalue weighted by atomic mass is 9.76. The molecule has 1 saturated carbocycles. The molecule has 0 saturated heterocycles. The Hall–Kier alpha value is -2.05. The lowest BCUT2D eigenvalue weighted by Gasteiger charge is -2.38. The fourth-order valence-corrected chi connectivity index (χ4v) is 2.36. The Kier molecular flexibility index (Phi) is 3.93. The first-order valence-corrected chi connectivity index (χ1v) is 6.44. The first-order chi connectivity index (χ1) is 9.74. The average Bonchev–Trinajstić information content (AvgIpc) is 2.32. The number of hydrogen-bond acceptors (Lipinski definition) is 2. The van der Waals surface area contributed by atoms with Crippen LogP contribution in [0.25, 0.3) is 0 Å². The summed E-state index contributed by atoms with van der Waals surface area (Å²) in [6.45, 7) is 0. The Morgan fingerprint density at radius 1 is 1.24 bits per heavy atom. The van der Waals surface area contributed by atoms with E-state index in [1.807, 2.05) is 0 Å². The molecule has 1 aromatic rings. The number of aliphatic carboxylic acids is 1. The van der Waals surface area contributed by atoms with Gasteiger partial charge in [0.25, 0.3) is 0 Å². The Morgan fingerprint density at radius 2 is 1.86 bits per heavy atom. The van der Waals surface area contributed by atoms with E-state index in [9.17, 15) is 22.8 Å². The SMILES string of the molecule is O=C(Cc1ccccc1C(F)(F)F)NC1(C(=O)O)CCC1. The quantitative estimate of drug-likeness (QED) is 0.897. The third kappa shape index (κ3) is 3.17.